The number of piperazine rings is 1. The largest absolute Gasteiger partial charge is 0.573 e. The van der Waals surface area contributed by atoms with E-state index in [1.165, 1.54) is 28.6 Å². The Labute approximate surface area is 184 Å². The van der Waals surface area contributed by atoms with Gasteiger partial charge < -0.3 is 14.4 Å². The fourth-order valence-corrected chi connectivity index (χ4v) is 6.09. The van der Waals surface area contributed by atoms with Crippen molar-refractivity contribution in [2.24, 2.45) is 0 Å². The molecule has 1 saturated heterocycles. The number of halogens is 3. The molecule has 0 radical (unpaired) electrons. The third kappa shape index (κ3) is 4.47. The fourth-order valence-electron chi connectivity index (χ4n) is 4.44. The summed E-state index contributed by atoms with van der Waals surface area (Å²) in [6.07, 6.45) is -2.42. The molecule has 2 aromatic carbocycles. The lowest BCUT2D eigenvalue weighted by Gasteiger charge is -2.40. The van der Waals surface area contributed by atoms with Crippen LogP contribution in [0, 0.1) is 0 Å². The molecule has 0 bridgehead atoms. The van der Waals surface area contributed by atoms with Crippen molar-refractivity contribution < 1.29 is 31.1 Å². The number of nitrogens with zero attached hydrogens (tertiary/aromatic N) is 2. The first-order valence-corrected chi connectivity index (χ1v) is 11.7. The highest BCUT2D eigenvalue weighted by molar-refractivity contribution is 7.89. The van der Waals surface area contributed by atoms with E-state index in [4.69, 9.17) is 0 Å². The summed E-state index contributed by atoms with van der Waals surface area (Å²) in [6.45, 7) is 2.82. The smallest absolute Gasteiger partial charge is 0.406 e. The summed E-state index contributed by atoms with van der Waals surface area (Å²) in [6, 6.07) is 10.2. The molecule has 1 aliphatic heterocycles. The van der Waals surface area contributed by atoms with Crippen molar-refractivity contribution >= 4 is 22.0 Å². The summed E-state index contributed by atoms with van der Waals surface area (Å²) in [5, 5.41) is 0. The van der Waals surface area contributed by atoms with E-state index < -0.39 is 16.4 Å². The molecular formula is C22H23F3N2O4S. The molecule has 172 valence electrons. The monoisotopic (exact) mass is 468 g/mol. The Morgan fingerprint density at radius 1 is 1.09 bits per heavy atom. The molecule has 1 unspecified atom stereocenters. The Bertz CT molecular complexity index is 1100. The Kier molecular flexibility index (Phi) is 5.93. The minimum absolute atomic E-state index is 0.180. The summed E-state index contributed by atoms with van der Waals surface area (Å²) in [4.78, 5) is 13.4. The number of benzene rings is 2. The van der Waals surface area contributed by atoms with Gasteiger partial charge >= 0.3 is 6.36 Å². The van der Waals surface area contributed by atoms with Crippen molar-refractivity contribution in [1.82, 2.24) is 4.31 Å². The lowest BCUT2D eigenvalue weighted by atomic mass is 10.0. The first-order valence-electron chi connectivity index (χ1n) is 10.3. The molecule has 2 aliphatic rings. The van der Waals surface area contributed by atoms with Gasteiger partial charge in [-0.1, -0.05) is 6.07 Å². The van der Waals surface area contributed by atoms with Gasteiger partial charge in [0.15, 0.2) is 0 Å². The zero-order chi connectivity index (χ0) is 23.1. The van der Waals surface area contributed by atoms with Gasteiger partial charge in [-0.25, -0.2) is 8.42 Å². The summed E-state index contributed by atoms with van der Waals surface area (Å²) < 4.78 is 69.0. The number of carbonyl (C=O) groups excluding carboxylic acids is 1. The number of sulfonamides is 1. The van der Waals surface area contributed by atoms with Crippen LogP contribution in [0.5, 0.6) is 5.75 Å². The van der Waals surface area contributed by atoms with Crippen LogP contribution in [0.3, 0.4) is 0 Å². The number of alkyl halides is 3. The van der Waals surface area contributed by atoms with E-state index in [2.05, 4.69) is 4.74 Å². The molecule has 0 amide bonds. The maximum Gasteiger partial charge on any atom is 0.573 e. The van der Waals surface area contributed by atoms with Crippen LogP contribution in [-0.2, 0) is 21.2 Å². The van der Waals surface area contributed by atoms with Crippen LogP contribution < -0.4 is 9.64 Å². The summed E-state index contributed by atoms with van der Waals surface area (Å²) in [5.74, 6) is -0.570. The molecule has 0 aromatic heterocycles. The molecule has 0 N–H and O–H groups in total. The Morgan fingerprint density at radius 3 is 2.44 bits per heavy atom. The number of aryl methyl sites for hydroxylation is 1. The van der Waals surface area contributed by atoms with Crippen LogP contribution in [0.1, 0.15) is 30.4 Å². The second kappa shape index (κ2) is 8.40. The van der Waals surface area contributed by atoms with Crippen LogP contribution in [0.2, 0.25) is 0 Å². The number of aldehydes is 1. The molecule has 2 aromatic rings. The molecule has 0 saturated carbocycles. The van der Waals surface area contributed by atoms with Gasteiger partial charge in [0.2, 0.25) is 10.0 Å². The minimum Gasteiger partial charge on any atom is -0.406 e. The minimum atomic E-state index is -4.75. The van der Waals surface area contributed by atoms with E-state index in [1.807, 2.05) is 4.90 Å². The van der Waals surface area contributed by atoms with E-state index in [0.717, 1.165) is 23.8 Å². The summed E-state index contributed by atoms with van der Waals surface area (Å²) >= 11 is 0. The lowest BCUT2D eigenvalue weighted by Crippen LogP contribution is -2.54. The molecule has 1 heterocycles. The van der Waals surface area contributed by atoms with Gasteiger partial charge in [0.05, 0.1) is 4.90 Å². The van der Waals surface area contributed by atoms with Crippen molar-refractivity contribution in [2.45, 2.75) is 43.0 Å². The Hall–Kier alpha value is -2.59. The van der Waals surface area contributed by atoms with E-state index in [9.17, 15) is 26.4 Å². The third-order valence-electron chi connectivity index (χ3n) is 6.01. The van der Waals surface area contributed by atoms with Gasteiger partial charge in [0.1, 0.15) is 12.0 Å². The fraction of sp³-hybridized carbons (Fsp3) is 0.409. The van der Waals surface area contributed by atoms with Crippen molar-refractivity contribution in [1.29, 1.82) is 0 Å². The second-order valence-corrected chi connectivity index (χ2v) is 9.98. The van der Waals surface area contributed by atoms with Gasteiger partial charge in [0, 0.05) is 37.3 Å². The van der Waals surface area contributed by atoms with Gasteiger partial charge in [-0.3, -0.25) is 0 Å². The number of anilines is 1. The average Bonchev–Trinajstić information content (AvgIpc) is 3.15. The van der Waals surface area contributed by atoms with Gasteiger partial charge in [0.25, 0.3) is 0 Å². The van der Waals surface area contributed by atoms with Crippen molar-refractivity contribution in [3.8, 4) is 5.75 Å². The first-order chi connectivity index (χ1) is 15.1. The van der Waals surface area contributed by atoms with Crippen molar-refractivity contribution in [3.63, 3.8) is 0 Å². The number of hydrogen-bond donors (Lipinski definition) is 0. The molecule has 4 rings (SSSR count). The second-order valence-electron chi connectivity index (χ2n) is 8.09. The van der Waals surface area contributed by atoms with Gasteiger partial charge in [-0.2, -0.15) is 4.31 Å². The van der Waals surface area contributed by atoms with E-state index in [1.54, 1.807) is 25.1 Å². The van der Waals surface area contributed by atoms with Crippen LogP contribution >= 0.6 is 0 Å². The number of hydrogen-bond acceptors (Lipinski definition) is 5. The maximum absolute atomic E-state index is 13.3. The predicted octanol–water partition coefficient (Wildman–Crippen LogP) is 3.71. The van der Waals surface area contributed by atoms with E-state index in [-0.39, 0.29) is 29.1 Å². The maximum atomic E-state index is 13.3. The number of ether oxygens (including phenoxy) is 1. The molecule has 10 heteroatoms. The average molecular weight is 468 g/mol. The molecule has 32 heavy (non-hydrogen) atoms. The molecule has 0 spiro atoms. The van der Waals surface area contributed by atoms with Gasteiger partial charge in [-0.05, 0) is 67.3 Å². The SMILES string of the molecule is C[C@H]1CN(c2ccc(OC(F)(F)F)cc2)CCN1S(=O)(=O)c1ccc2c(c1)C(C=O)CC2. The third-order valence-corrected chi connectivity index (χ3v) is 8.02. The van der Waals surface area contributed by atoms with E-state index in [0.29, 0.717) is 25.2 Å². The van der Waals surface area contributed by atoms with Gasteiger partial charge in [-0.15, -0.1) is 13.2 Å². The van der Waals surface area contributed by atoms with Crippen LogP contribution in [0.15, 0.2) is 47.4 Å². The molecule has 1 aliphatic carbocycles. The quantitative estimate of drug-likeness (QED) is 0.626. The zero-order valence-electron chi connectivity index (χ0n) is 17.4. The topological polar surface area (TPSA) is 66.9 Å². The highest BCUT2D eigenvalue weighted by Gasteiger charge is 2.35. The Morgan fingerprint density at radius 2 is 1.81 bits per heavy atom. The summed E-state index contributed by atoms with van der Waals surface area (Å²) in [7, 11) is -3.75. The Balaban J connectivity index is 1.48. The number of rotatable bonds is 5. The van der Waals surface area contributed by atoms with Crippen LogP contribution in [-0.4, -0.2) is 51.0 Å². The first kappa shape index (κ1) is 22.6. The lowest BCUT2D eigenvalue weighted by molar-refractivity contribution is -0.274. The normalized spacial score (nSPS) is 21.9. The van der Waals surface area contributed by atoms with Crippen molar-refractivity contribution in [3.05, 3.63) is 53.6 Å². The highest BCUT2D eigenvalue weighted by atomic mass is 32.2. The molecular weight excluding hydrogens is 445 g/mol. The van der Waals surface area contributed by atoms with E-state index >= 15 is 0 Å². The van der Waals surface area contributed by atoms with Crippen LogP contribution in [0.4, 0.5) is 18.9 Å². The predicted molar refractivity (Wildman–Crippen MR) is 112 cm³/mol. The molecule has 2 atom stereocenters. The zero-order valence-corrected chi connectivity index (χ0v) is 18.2. The number of carbonyl (C=O) groups is 1. The summed E-state index contributed by atoms with van der Waals surface area (Å²) in [5.41, 5.74) is 2.49. The highest BCUT2D eigenvalue weighted by Crippen LogP contribution is 2.35. The standard InChI is InChI=1S/C22H23F3N2O4S/c1-15-13-26(18-5-7-19(8-6-18)31-22(23,24)25)10-11-27(15)32(29,30)20-9-4-16-2-3-17(14-28)21(16)12-20/h4-9,12,14-15,17H,2-3,10-11,13H2,1H3/t15-,17?/m0/s1. The molecule has 6 nitrogen and oxygen atoms in total. The van der Waals surface area contributed by atoms with Crippen molar-refractivity contribution in [2.75, 3.05) is 24.5 Å². The molecule has 1 fully saturated rings. The number of fused-ring (bicyclic) bond motifs is 1. The van der Waals surface area contributed by atoms with Crippen LogP contribution in [0.25, 0.3) is 0 Å².